The first-order valence-electron chi connectivity index (χ1n) is 8.40. The molecule has 140 valence electrons. The van der Waals surface area contributed by atoms with Crippen LogP contribution >= 0.6 is 11.3 Å². The number of aromatic nitrogens is 1. The molecule has 1 aromatic heterocycles. The fourth-order valence-corrected chi connectivity index (χ4v) is 3.92. The summed E-state index contributed by atoms with van der Waals surface area (Å²) in [5.74, 6) is 0.348. The Bertz CT molecular complexity index is 1060. The Morgan fingerprint density at radius 2 is 2.15 bits per heavy atom. The van der Waals surface area contributed by atoms with E-state index in [1.807, 2.05) is 16.7 Å². The molecule has 0 saturated carbocycles. The first-order valence-corrected chi connectivity index (χ1v) is 9.22. The Hall–Kier alpha value is -2.71. The minimum Gasteiger partial charge on any atom is -0.485 e. The minimum absolute atomic E-state index is 0.0942. The molecule has 1 aliphatic heterocycles. The average Bonchev–Trinajstić information content (AvgIpc) is 3.01. The van der Waals surface area contributed by atoms with Crippen molar-refractivity contribution in [2.75, 3.05) is 20.3 Å². The predicted molar refractivity (Wildman–Crippen MR) is 98.6 cm³/mol. The van der Waals surface area contributed by atoms with Crippen molar-refractivity contribution in [1.29, 1.82) is 0 Å². The molecule has 1 atom stereocenters. The van der Waals surface area contributed by atoms with Gasteiger partial charge in [0.15, 0.2) is 16.3 Å². The van der Waals surface area contributed by atoms with E-state index in [1.165, 1.54) is 23.5 Å². The fraction of sp³-hybridized carbons (Fsp3) is 0.263. The van der Waals surface area contributed by atoms with Crippen LogP contribution in [-0.4, -0.2) is 36.9 Å². The number of amides is 1. The molecule has 27 heavy (non-hydrogen) atoms. The van der Waals surface area contributed by atoms with E-state index >= 15 is 0 Å². The van der Waals surface area contributed by atoms with E-state index in [1.54, 1.807) is 25.3 Å². The molecule has 3 aromatic rings. The second-order valence-corrected chi connectivity index (χ2v) is 6.96. The second kappa shape index (κ2) is 7.50. The molecule has 1 aliphatic rings. The molecule has 1 amide bonds. The van der Waals surface area contributed by atoms with Crippen LogP contribution < -0.4 is 14.3 Å². The van der Waals surface area contributed by atoms with Gasteiger partial charge in [-0.05, 0) is 30.3 Å². The maximum atomic E-state index is 13.6. The van der Waals surface area contributed by atoms with Crippen molar-refractivity contribution < 1.29 is 23.4 Å². The van der Waals surface area contributed by atoms with Crippen LogP contribution in [0.15, 0.2) is 47.5 Å². The van der Waals surface area contributed by atoms with Crippen LogP contribution in [0.25, 0.3) is 10.2 Å². The summed E-state index contributed by atoms with van der Waals surface area (Å²) in [6.45, 7) is 1.04. The molecule has 6 nitrogen and oxygen atoms in total. The number of halogens is 1. The number of benzene rings is 2. The molecule has 2 aromatic carbocycles. The zero-order valence-corrected chi connectivity index (χ0v) is 15.4. The van der Waals surface area contributed by atoms with Gasteiger partial charge in [-0.2, -0.15) is 4.99 Å². The number of ether oxygens (including phenoxy) is 3. The third-order valence-electron chi connectivity index (χ3n) is 4.15. The molecule has 0 bridgehead atoms. The highest BCUT2D eigenvalue weighted by Crippen LogP contribution is 2.31. The van der Waals surface area contributed by atoms with E-state index in [2.05, 4.69) is 4.99 Å². The quantitative estimate of drug-likeness (QED) is 0.690. The van der Waals surface area contributed by atoms with Crippen molar-refractivity contribution in [3.05, 3.63) is 53.1 Å². The zero-order valence-electron chi connectivity index (χ0n) is 14.6. The molecule has 8 heteroatoms. The van der Waals surface area contributed by atoms with Crippen LogP contribution in [0, 0.1) is 5.82 Å². The maximum Gasteiger partial charge on any atom is 0.292 e. The van der Waals surface area contributed by atoms with Gasteiger partial charge in [0.1, 0.15) is 12.4 Å². The van der Waals surface area contributed by atoms with Crippen molar-refractivity contribution in [3.63, 3.8) is 0 Å². The van der Waals surface area contributed by atoms with Gasteiger partial charge < -0.3 is 18.8 Å². The van der Waals surface area contributed by atoms with Crippen LogP contribution in [0.4, 0.5) is 4.39 Å². The van der Waals surface area contributed by atoms with Crippen LogP contribution in [0.5, 0.6) is 11.5 Å². The highest BCUT2D eigenvalue weighted by Gasteiger charge is 2.27. The minimum atomic E-state index is -0.822. The summed E-state index contributed by atoms with van der Waals surface area (Å²) < 4.78 is 32.6. The Balaban J connectivity index is 1.68. The van der Waals surface area contributed by atoms with Gasteiger partial charge in [-0.3, -0.25) is 4.79 Å². The van der Waals surface area contributed by atoms with Gasteiger partial charge in [0.05, 0.1) is 16.8 Å². The van der Waals surface area contributed by atoms with Crippen LogP contribution in [0.1, 0.15) is 0 Å². The van der Waals surface area contributed by atoms with Crippen molar-refractivity contribution >= 4 is 27.5 Å². The Labute approximate surface area is 158 Å². The number of thiazole rings is 1. The zero-order chi connectivity index (χ0) is 18.8. The molecule has 0 fully saturated rings. The number of carbonyl (C=O) groups is 1. The summed E-state index contributed by atoms with van der Waals surface area (Å²) in [7, 11) is 1.60. The topological polar surface area (TPSA) is 62.1 Å². The molecule has 0 radical (unpaired) electrons. The van der Waals surface area contributed by atoms with E-state index in [-0.39, 0.29) is 12.4 Å². The van der Waals surface area contributed by atoms with Gasteiger partial charge in [-0.1, -0.05) is 23.5 Å². The number of rotatable bonds is 4. The Morgan fingerprint density at radius 1 is 1.33 bits per heavy atom. The molecular formula is C19H17FN2O4S. The SMILES string of the molecule is COCCn1c(=NC(=O)[C@@H]2COc3ccccc3O2)sc2cc(F)ccc21. The summed E-state index contributed by atoms with van der Waals surface area (Å²) in [6, 6.07) is 11.7. The summed E-state index contributed by atoms with van der Waals surface area (Å²) in [6.07, 6.45) is -0.822. The van der Waals surface area contributed by atoms with Gasteiger partial charge in [0, 0.05) is 13.7 Å². The maximum absolute atomic E-state index is 13.6. The lowest BCUT2D eigenvalue weighted by Crippen LogP contribution is -2.37. The molecule has 0 unspecified atom stereocenters. The molecule has 2 heterocycles. The van der Waals surface area contributed by atoms with Crippen LogP contribution in [-0.2, 0) is 16.1 Å². The summed E-state index contributed by atoms with van der Waals surface area (Å²) in [5.41, 5.74) is 0.802. The van der Waals surface area contributed by atoms with Gasteiger partial charge in [0.25, 0.3) is 5.91 Å². The normalized spacial score (nSPS) is 16.7. The lowest BCUT2D eigenvalue weighted by molar-refractivity contribution is -0.127. The predicted octanol–water partition coefficient (Wildman–Crippen LogP) is 2.76. The Kier molecular flexibility index (Phi) is 4.91. The highest BCUT2D eigenvalue weighted by molar-refractivity contribution is 7.16. The first kappa shape index (κ1) is 17.7. The van der Waals surface area contributed by atoms with Crippen LogP contribution in [0.3, 0.4) is 0 Å². The van der Waals surface area contributed by atoms with Crippen LogP contribution in [0.2, 0.25) is 0 Å². The Morgan fingerprint density at radius 3 is 2.96 bits per heavy atom. The highest BCUT2D eigenvalue weighted by atomic mass is 32.1. The number of nitrogens with zero attached hydrogens (tertiary/aromatic N) is 2. The number of hydrogen-bond donors (Lipinski definition) is 0. The van der Waals surface area contributed by atoms with E-state index in [9.17, 15) is 9.18 Å². The fourth-order valence-electron chi connectivity index (χ4n) is 2.84. The van der Waals surface area contributed by atoms with Crippen molar-refractivity contribution in [1.82, 2.24) is 4.57 Å². The molecule has 0 spiro atoms. The van der Waals surface area contributed by atoms with E-state index in [0.717, 1.165) is 5.52 Å². The van der Waals surface area contributed by atoms with Crippen molar-refractivity contribution in [3.8, 4) is 11.5 Å². The van der Waals surface area contributed by atoms with E-state index < -0.39 is 12.0 Å². The monoisotopic (exact) mass is 388 g/mol. The summed E-state index contributed by atoms with van der Waals surface area (Å²) in [4.78, 5) is 17.4. The molecule has 0 aliphatic carbocycles. The average molecular weight is 388 g/mol. The lowest BCUT2D eigenvalue weighted by atomic mass is 10.2. The van der Waals surface area contributed by atoms with Gasteiger partial charge >= 0.3 is 0 Å². The number of hydrogen-bond acceptors (Lipinski definition) is 5. The molecule has 0 saturated heterocycles. The third-order valence-corrected chi connectivity index (χ3v) is 5.19. The number of para-hydroxylation sites is 2. The van der Waals surface area contributed by atoms with Crippen molar-refractivity contribution in [2.24, 2.45) is 4.99 Å². The van der Waals surface area contributed by atoms with E-state index in [0.29, 0.717) is 34.2 Å². The van der Waals surface area contributed by atoms with E-state index in [4.69, 9.17) is 14.2 Å². The molecule has 0 N–H and O–H groups in total. The van der Waals surface area contributed by atoms with Gasteiger partial charge in [0.2, 0.25) is 6.10 Å². The largest absolute Gasteiger partial charge is 0.485 e. The summed E-state index contributed by atoms with van der Waals surface area (Å²) >= 11 is 1.25. The van der Waals surface area contributed by atoms with Gasteiger partial charge in [-0.25, -0.2) is 4.39 Å². The lowest BCUT2D eigenvalue weighted by Gasteiger charge is -2.23. The number of methoxy groups -OCH3 is 1. The van der Waals surface area contributed by atoms with Crippen molar-refractivity contribution in [2.45, 2.75) is 12.6 Å². The molecular weight excluding hydrogens is 371 g/mol. The third kappa shape index (κ3) is 3.58. The second-order valence-electron chi connectivity index (χ2n) is 5.96. The smallest absolute Gasteiger partial charge is 0.292 e. The first-order chi connectivity index (χ1) is 13.2. The standard InChI is InChI=1S/C19H17FN2O4S/c1-24-9-8-22-13-7-6-12(20)10-17(13)27-19(22)21-18(23)16-11-25-14-4-2-3-5-15(14)26-16/h2-7,10,16H,8-9,11H2,1H3/t16-/m0/s1. The van der Waals surface area contributed by atoms with Gasteiger partial charge in [-0.15, -0.1) is 0 Å². The summed E-state index contributed by atoms with van der Waals surface area (Å²) in [5, 5.41) is 0. The molecule has 4 rings (SSSR count). The number of fused-ring (bicyclic) bond motifs is 2. The number of carbonyl (C=O) groups excluding carboxylic acids is 1.